The summed E-state index contributed by atoms with van der Waals surface area (Å²) in [7, 11) is -2.43. The Labute approximate surface area is 218 Å². The normalized spacial score (nSPS) is 16.1. The van der Waals surface area contributed by atoms with Gasteiger partial charge in [0.2, 0.25) is 0 Å². The highest BCUT2D eigenvalue weighted by Crippen LogP contribution is 2.35. The van der Waals surface area contributed by atoms with Gasteiger partial charge < -0.3 is 9.47 Å². The Morgan fingerprint density at radius 1 is 1.08 bits per heavy atom. The van der Waals surface area contributed by atoms with Gasteiger partial charge in [-0.15, -0.1) is 11.0 Å². The summed E-state index contributed by atoms with van der Waals surface area (Å²) in [6.07, 6.45) is 7.20. The zero-order valence-electron chi connectivity index (χ0n) is 20.9. The molecule has 0 N–H and O–H groups in total. The largest absolute Gasteiger partial charge is 0.493 e. The second-order valence-corrected chi connectivity index (χ2v) is 10.7. The predicted octanol–water partition coefficient (Wildman–Crippen LogP) is 5.67. The third-order valence-corrected chi connectivity index (χ3v) is 7.92. The van der Waals surface area contributed by atoms with Crippen molar-refractivity contribution in [2.24, 2.45) is 4.40 Å². The van der Waals surface area contributed by atoms with Crippen LogP contribution in [-0.4, -0.2) is 44.7 Å². The fourth-order valence-electron chi connectivity index (χ4n) is 3.50. The van der Waals surface area contributed by atoms with E-state index in [1.807, 2.05) is 19.1 Å². The van der Waals surface area contributed by atoms with Gasteiger partial charge in [-0.2, -0.15) is 8.42 Å². The number of aryl methyl sites for hydroxylation is 1. The minimum absolute atomic E-state index is 0.0792. The van der Waals surface area contributed by atoms with Crippen molar-refractivity contribution in [2.45, 2.75) is 44.4 Å². The molecule has 1 fully saturated rings. The summed E-state index contributed by atoms with van der Waals surface area (Å²) in [6, 6.07) is 12.0. The maximum absolute atomic E-state index is 13.1. The van der Waals surface area contributed by atoms with E-state index in [-0.39, 0.29) is 22.5 Å². The van der Waals surface area contributed by atoms with Crippen molar-refractivity contribution in [3.8, 4) is 11.5 Å². The van der Waals surface area contributed by atoms with Gasteiger partial charge in [-0.1, -0.05) is 51.0 Å². The number of benzene rings is 2. The molecule has 1 heterocycles. The number of carbonyl (C=O) groups excluding carboxylic acids is 1. The molecule has 9 heteroatoms. The smallest absolute Gasteiger partial charge is 0.284 e. The molecule has 0 atom stereocenters. The first-order valence-corrected chi connectivity index (χ1v) is 14.2. The van der Waals surface area contributed by atoms with Gasteiger partial charge in [0.05, 0.1) is 23.5 Å². The number of amidine groups is 1. The number of sulfonamides is 1. The number of thioether (sulfide) groups is 1. The molecule has 0 spiro atoms. The third kappa shape index (κ3) is 6.79. The van der Waals surface area contributed by atoms with Crippen molar-refractivity contribution in [1.82, 2.24) is 4.90 Å². The maximum atomic E-state index is 13.1. The van der Waals surface area contributed by atoms with E-state index in [1.54, 1.807) is 31.4 Å². The fraction of sp³-hybridized carbons (Fsp3) is 0.333. The predicted molar refractivity (Wildman–Crippen MR) is 146 cm³/mol. The van der Waals surface area contributed by atoms with Crippen LogP contribution in [0.25, 0.3) is 6.08 Å². The topological polar surface area (TPSA) is 85.3 Å². The van der Waals surface area contributed by atoms with E-state index in [9.17, 15) is 13.2 Å². The maximum Gasteiger partial charge on any atom is 0.284 e. The van der Waals surface area contributed by atoms with E-state index in [0.29, 0.717) is 23.0 Å². The van der Waals surface area contributed by atoms with Crippen LogP contribution in [-0.2, 0) is 21.2 Å². The molecule has 3 rings (SSSR count). The minimum atomic E-state index is -3.99. The number of hydrogen-bond acceptors (Lipinski definition) is 6. The number of unbranched alkanes of at least 4 members (excludes halogenated alkanes) is 2. The average molecular weight is 529 g/mol. The van der Waals surface area contributed by atoms with Crippen LogP contribution in [0, 0.1) is 0 Å². The SMILES string of the molecule is C=CCN1C(=O)C(=Cc2ccc(OCCCCC)c(OC)c2)SC1=NS(=O)(=O)c1ccc(CC)cc1. The Hall–Kier alpha value is -3.04. The van der Waals surface area contributed by atoms with E-state index in [2.05, 4.69) is 17.9 Å². The Kier molecular flexibility index (Phi) is 9.78. The number of amides is 1. The minimum Gasteiger partial charge on any atom is -0.493 e. The molecule has 1 amide bonds. The standard InChI is InChI=1S/C27H32N2O5S2/c1-5-8-9-17-34-23-15-12-21(18-24(23)33-4)19-25-26(30)29(16-6-2)27(35-25)28-36(31,32)22-13-10-20(7-3)11-14-22/h6,10-15,18-19H,2,5,7-9,16-17H2,1,3-4H3. The van der Waals surface area contributed by atoms with Crippen LogP contribution < -0.4 is 9.47 Å². The lowest BCUT2D eigenvalue weighted by Crippen LogP contribution is -2.29. The number of rotatable bonds is 12. The molecule has 0 radical (unpaired) electrons. The van der Waals surface area contributed by atoms with Crippen LogP contribution in [0.5, 0.6) is 11.5 Å². The van der Waals surface area contributed by atoms with Gasteiger partial charge >= 0.3 is 0 Å². The highest BCUT2D eigenvalue weighted by molar-refractivity contribution is 8.19. The van der Waals surface area contributed by atoms with E-state index >= 15 is 0 Å². The summed E-state index contributed by atoms with van der Waals surface area (Å²) >= 11 is 1.02. The lowest BCUT2D eigenvalue weighted by molar-refractivity contribution is -0.121. The molecule has 36 heavy (non-hydrogen) atoms. The monoisotopic (exact) mass is 528 g/mol. The molecular weight excluding hydrogens is 496 g/mol. The second-order valence-electron chi connectivity index (χ2n) is 8.13. The van der Waals surface area contributed by atoms with Crippen molar-refractivity contribution < 1.29 is 22.7 Å². The van der Waals surface area contributed by atoms with Gasteiger partial charge in [-0.05, 0) is 66.1 Å². The Morgan fingerprint density at radius 3 is 2.47 bits per heavy atom. The van der Waals surface area contributed by atoms with E-state index < -0.39 is 10.0 Å². The van der Waals surface area contributed by atoms with Crippen molar-refractivity contribution >= 4 is 38.9 Å². The summed E-state index contributed by atoms with van der Waals surface area (Å²) in [5.41, 5.74) is 1.75. The summed E-state index contributed by atoms with van der Waals surface area (Å²) in [5, 5.41) is 0.0913. The van der Waals surface area contributed by atoms with E-state index in [4.69, 9.17) is 9.47 Å². The molecule has 2 aromatic carbocycles. The zero-order chi connectivity index (χ0) is 26.1. The average Bonchev–Trinajstić information content (AvgIpc) is 3.15. The quantitative estimate of drug-likeness (QED) is 0.200. The number of ether oxygens (including phenoxy) is 2. The number of carbonyl (C=O) groups is 1. The van der Waals surface area contributed by atoms with Crippen LogP contribution in [0.15, 0.2) is 69.3 Å². The van der Waals surface area contributed by atoms with Crippen LogP contribution in [0.3, 0.4) is 0 Å². The highest BCUT2D eigenvalue weighted by Gasteiger charge is 2.34. The van der Waals surface area contributed by atoms with Crippen LogP contribution in [0.1, 0.15) is 44.2 Å². The first-order valence-electron chi connectivity index (χ1n) is 11.9. The fourth-order valence-corrected chi connectivity index (χ4v) is 5.69. The Bertz CT molecular complexity index is 1250. The first kappa shape index (κ1) is 27.5. The summed E-state index contributed by atoms with van der Waals surface area (Å²) in [4.78, 5) is 14.8. The van der Waals surface area contributed by atoms with Gasteiger partial charge in [0, 0.05) is 6.54 Å². The second kappa shape index (κ2) is 12.8. The van der Waals surface area contributed by atoms with Crippen LogP contribution in [0.4, 0.5) is 0 Å². The summed E-state index contributed by atoms with van der Waals surface area (Å²) < 4.78 is 41.2. The van der Waals surface area contributed by atoms with Crippen molar-refractivity contribution in [3.05, 3.63) is 71.2 Å². The molecule has 1 aliphatic heterocycles. The lowest BCUT2D eigenvalue weighted by Gasteiger charge is -2.12. The zero-order valence-corrected chi connectivity index (χ0v) is 22.5. The van der Waals surface area contributed by atoms with Crippen LogP contribution >= 0.6 is 11.8 Å². The van der Waals surface area contributed by atoms with Crippen molar-refractivity contribution in [2.75, 3.05) is 20.3 Å². The molecule has 0 aliphatic carbocycles. The van der Waals surface area contributed by atoms with Crippen molar-refractivity contribution in [1.29, 1.82) is 0 Å². The lowest BCUT2D eigenvalue weighted by atomic mass is 10.2. The summed E-state index contributed by atoms with van der Waals surface area (Å²) in [6.45, 7) is 8.56. The number of nitrogens with zero attached hydrogens (tertiary/aromatic N) is 2. The molecule has 192 valence electrons. The third-order valence-electron chi connectivity index (χ3n) is 5.52. The van der Waals surface area contributed by atoms with Gasteiger partial charge in [-0.3, -0.25) is 9.69 Å². The van der Waals surface area contributed by atoms with Gasteiger partial charge in [0.25, 0.3) is 15.9 Å². The van der Waals surface area contributed by atoms with Gasteiger partial charge in [0.15, 0.2) is 16.7 Å². The molecule has 2 aromatic rings. The molecular formula is C27H32N2O5S2. The summed E-state index contributed by atoms with van der Waals surface area (Å²) in [5.74, 6) is 0.858. The highest BCUT2D eigenvalue weighted by atomic mass is 32.2. The van der Waals surface area contributed by atoms with Crippen LogP contribution in [0.2, 0.25) is 0 Å². The van der Waals surface area contributed by atoms with Crippen molar-refractivity contribution in [3.63, 3.8) is 0 Å². The Morgan fingerprint density at radius 2 is 1.83 bits per heavy atom. The van der Waals surface area contributed by atoms with Gasteiger partial charge in [-0.25, -0.2) is 0 Å². The number of methoxy groups -OCH3 is 1. The molecule has 0 saturated carbocycles. The molecule has 0 unspecified atom stereocenters. The van der Waals surface area contributed by atoms with E-state index in [1.165, 1.54) is 23.1 Å². The molecule has 1 saturated heterocycles. The molecule has 7 nitrogen and oxygen atoms in total. The first-order chi connectivity index (χ1) is 17.3. The molecule has 0 aromatic heterocycles. The molecule has 0 bridgehead atoms. The Balaban J connectivity index is 1.88. The van der Waals surface area contributed by atoms with E-state index in [0.717, 1.165) is 48.6 Å². The van der Waals surface area contributed by atoms with Gasteiger partial charge in [0.1, 0.15) is 0 Å². The number of hydrogen-bond donors (Lipinski definition) is 0. The molecule has 1 aliphatic rings.